The number of amides is 1. The summed E-state index contributed by atoms with van der Waals surface area (Å²) in [4.78, 5) is 13.5. The van der Waals surface area contributed by atoms with Gasteiger partial charge in [0.25, 0.3) is 5.91 Å². The van der Waals surface area contributed by atoms with Crippen LogP contribution in [0.1, 0.15) is 44.4 Å². The van der Waals surface area contributed by atoms with Crippen LogP contribution >= 0.6 is 11.6 Å². The first-order valence-corrected chi connectivity index (χ1v) is 16.2. The van der Waals surface area contributed by atoms with Gasteiger partial charge in [-0.25, -0.2) is 12.6 Å². The number of sulfonamides is 1. The van der Waals surface area contributed by atoms with Gasteiger partial charge >= 0.3 is 6.36 Å². The molecule has 1 heterocycles. The van der Waals surface area contributed by atoms with Crippen LogP contribution in [0.15, 0.2) is 64.4 Å². The third-order valence-corrected chi connectivity index (χ3v) is 8.61. The maximum absolute atomic E-state index is 13.2. The molecule has 0 aliphatic carbocycles. The minimum Gasteiger partial charge on any atom is -0.491 e. The smallest absolute Gasteiger partial charge is 0.491 e. The van der Waals surface area contributed by atoms with Crippen molar-refractivity contribution in [1.29, 1.82) is 0 Å². The normalized spacial score (nSPS) is 15.1. The van der Waals surface area contributed by atoms with Crippen molar-refractivity contribution in [2.45, 2.75) is 50.5 Å². The van der Waals surface area contributed by atoms with Crippen LogP contribution in [0, 0.1) is 0 Å². The van der Waals surface area contributed by atoms with Gasteiger partial charge in [0.15, 0.2) is 0 Å². The minimum absolute atomic E-state index is 0.0558. The van der Waals surface area contributed by atoms with E-state index in [4.69, 9.17) is 16.3 Å². The lowest BCUT2D eigenvalue weighted by Crippen LogP contribution is -2.22. The maximum atomic E-state index is 13.2. The summed E-state index contributed by atoms with van der Waals surface area (Å²) in [6.07, 6.45) is -2.81. The molecule has 0 radical (unpaired) electrons. The molecule has 14 heteroatoms. The zero-order valence-corrected chi connectivity index (χ0v) is 26.0. The molecule has 43 heavy (non-hydrogen) atoms. The van der Waals surface area contributed by atoms with E-state index in [-0.39, 0.29) is 33.2 Å². The van der Waals surface area contributed by atoms with E-state index < -0.39 is 44.3 Å². The van der Waals surface area contributed by atoms with E-state index in [0.717, 1.165) is 12.3 Å². The lowest BCUT2D eigenvalue weighted by molar-refractivity contribution is -0.274. The molecule has 1 amide bonds. The Hall–Kier alpha value is -3.55. The number of alkyl halides is 3. The highest BCUT2D eigenvalue weighted by Crippen LogP contribution is 2.40. The molecule has 0 spiro atoms. The van der Waals surface area contributed by atoms with Crippen molar-refractivity contribution in [3.63, 3.8) is 0 Å². The third kappa shape index (κ3) is 8.09. The number of fused-ring (bicyclic) bond motifs is 1. The predicted octanol–water partition coefficient (Wildman–Crippen LogP) is 6.82. The average Bonchev–Trinajstić information content (AvgIpc) is 3.16. The second kappa shape index (κ2) is 11.9. The number of carbonyl (C=O) groups is 1. The Morgan fingerprint density at radius 1 is 0.953 bits per heavy atom. The van der Waals surface area contributed by atoms with E-state index >= 15 is 0 Å². The summed E-state index contributed by atoms with van der Waals surface area (Å²) in [5.41, 5.74) is 0.971. The van der Waals surface area contributed by atoms with Crippen LogP contribution in [-0.2, 0) is 31.0 Å². The van der Waals surface area contributed by atoms with Crippen molar-refractivity contribution >= 4 is 55.8 Å². The minimum atomic E-state index is -4.91. The summed E-state index contributed by atoms with van der Waals surface area (Å²) >= 11 is 6.40. The first kappa shape index (κ1) is 32.4. The third-order valence-electron chi connectivity index (χ3n) is 6.31. The van der Waals surface area contributed by atoms with Gasteiger partial charge in [0.2, 0.25) is 10.0 Å². The largest absolute Gasteiger partial charge is 0.573 e. The molecule has 3 aromatic carbocycles. The van der Waals surface area contributed by atoms with Crippen LogP contribution < -0.4 is 19.5 Å². The first-order chi connectivity index (χ1) is 19.8. The second-order valence-electron chi connectivity index (χ2n) is 10.6. The molecule has 1 aliphatic heterocycles. The Morgan fingerprint density at radius 2 is 1.60 bits per heavy atom. The summed E-state index contributed by atoms with van der Waals surface area (Å²) in [6, 6.07) is 13.1. The molecule has 1 unspecified atom stereocenters. The van der Waals surface area contributed by atoms with Gasteiger partial charge in [0.1, 0.15) is 16.4 Å². The number of benzene rings is 3. The molecule has 8 nitrogen and oxygen atoms in total. The standard InChI is InChI=1S/C29H28ClF3N2O6S2/c1-16(2)40-23-12-19(13-24(15-23)41-29(31,32)33)28(3,4)18-10-20(30)14-22(11-18)34-27(36)26-9-17-8-21(35-43(5,38)39)6-7-25(17)42(26)37/h6-16,35H,1-5H3,(H,34,36). The van der Waals surface area contributed by atoms with Crippen molar-refractivity contribution in [2.24, 2.45) is 0 Å². The fourth-order valence-corrected chi connectivity index (χ4v) is 6.42. The van der Waals surface area contributed by atoms with Crippen molar-refractivity contribution in [3.8, 4) is 11.5 Å². The number of hydrogen-bond acceptors (Lipinski definition) is 6. The Bertz CT molecular complexity index is 1760. The van der Waals surface area contributed by atoms with E-state index in [0.29, 0.717) is 21.6 Å². The highest BCUT2D eigenvalue weighted by Gasteiger charge is 2.33. The van der Waals surface area contributed by atoms with Crippen LogP contribution in [0.5, 0.6) is 11.5 Å². The lowest BCUT2D eigenvalue weighted by atomic mass is 9.78. The number of nitrogens with one attached hydrogen (secondary N) is 2. The molecule has 1 aliphatic rings. The maximum Gasteiger partial charge on any atom is 0.573 e. The van der Waals surface area contributed by atoms with Gasteiger partial charge < -0.3 is 14.8 Å². The van der Waals surface area contributed by atoms with Gasteiger partial charge in [-0.3, -0.25) is 9.52 Å². The quantitative estimate of drug-likeness (QED) is 0.261. The molecule has 1 atom stereocenters. The van der Waals surface area contributed by atoms with Gasteiger partial charge in [-0.2, -0.15) is 0 Å². The average molecular weight is 657 g/mol. The molecule has 0 aromatic heterocycles. The number of halogens is 4. The van der Waals surface area contributed by atoms with Gasteiger partial charge in [-0.05, 0) is 85.1 Å². The van der Waals surface area contributed by atoms with Gasteiger partial charge in [-0.15, -0.1) is 13.2 Å². The molecular formula is C29H28ClF3N2O6S2. The van der Waals surface area contributed by atoms with Gasteiger partial charge in [0, 0.05) is 27.9 Å². The Labute approximate surface area is 254 Å². The molecule has 4 rings (SSSR count). The fourth-order valence-electron chi connectivity index (χ4n) is 4.42. The van der Waals surface area contributed by atoms with Crippen LogP contribution in [0.3, 0.4) is 0 Å². The highest BCUT2D eigenvalue weighted by atomic mass is 35.5. The SMILES string of the molecule is CC(C)Oc1cc(OC(F)(F)F)cc(C(C)(C)c2cc(Cl)cc(NC(=O)C3=Cc4cc(NS(C)(=O)=O)ccc4S3=O)c2)c1. The molecule has 0 bridgehead atoms. The molecule has 0 saturated carbocycles. The van der Waals surface area contributed by atoms with Crippen molar-refractivity contribution in [3.05, 3.63) is 81.2 Å². The number of carbonyl (C=O) groups excluding carboxylic acids is 1. The number of hydrogen-bond donors (Lipinski definition) is 2. The molecule has 0 fully saturated rings. The topological polar surface area (TPSA) is 111 Å². The van der Waals surface area contributed by atoms with E-state index in [1.807, 2.05) is 0 Å². The predicted molar refractivity (Wildman–Crippen MR) is 160 cm³/mol. The number of anilines is 2. The zero-order valence-electron chi connectivity index (χ0n) is 23.6. The molecule has 3 aromatic rings. The monoisotopic (exact) mass is 656 g/mol. The van der Waals surface area contributed by atoms with E-state index in [1.165, 1.54) is 36.4 Å². The first-order valence-electron chi connectivity index (χ1n) is 12.8. The van der Waals surface area contributed by atoms with Crippen molar-refractivity contribution in [2.75, 3.05) is 16.3 Å². The van der Waals surface area contributed by atoms with E-state index in [2.05, 4.69) is 14.8 Å². The Balaban J connectivity index is 1.64. The number of ether oxygens (including phenoxy) is 2. The summed E-state index contributed by atoms with van der Waals surface area (Å²) in [6.45, 7) is 7.02. The van der Waals surface area contributed by atoms with Crippen LogP contribution in [0.25, 0.3) is 6.08 Å². The van der Waals surface area contributed by atoms with Crippen LogP contribution in [0.4, 0.5) is 24.5 Å². The second-order valence-corrected chi connectivity index (χ2v) is 14.2. The van der Waals surface area contributed by atoms with Crippen LogP contribution in [-0.4, -0.2) is 37.3 Å². The summed E-state index contributed by atoms with van der Waals surface area (Å²) in [5.74, 6) is -0.943. The highest BCUT2D eigenvalue weighted by molar-refractivity contribution is 7.92. The van der Waals surface area contributed by atoms with Gasteiger partial charge in [-0.1, -0.05) is 25.4 Å². The fraction of sp³-hybridized carbons (Fsp3) is 0.276. The zero-order chi connectivity index (χ0) is 31.9. The molecule has 230 valence electrons. The summed E-state index contributed by atoms with van der Waals surface area (Å²) in [7, 11) is -5.37. The Kier molecular flexibility index (Phi) is 8.92. The Morgan fingerprint density at radius 3 is 2.23 bits per heavy atom. The summed E-state index contributed by atoms with van der Waals surface area (Å²) < 4.78 is 87.6. The van der Waals surface area contributed by atoms with E-state index in [1.54, 1.807) is 45.9 Å². The molecule has 2 N–H and O–H groups in total. The van der Waals surface area contributed by atoms with Crippen molar-refractivity contribution < 1.29 is 40.1 Å². The molecular weight excluding hydrogens is 629 g/mol. The van der Waals surface area contributed by atoms with Gasteiger partial charge in [0.05, 0.1) is 28.1 Å². The number of rotatable bonds is 9. The van der Waals surface area contributed by atoms with Crippen molar-refractivity contribution in [1.82, 2.24) is 0 Å². The van der Waals surface area contributed by atoms with E-state index in [9.17, 15) is 30.6 Å². The van der Waals surface area contributed by atoms with Crippen LogP contribution in [0.2, 0.25) is 5.02 Å². The summed E-state index contributed by atoms with van der Waals surface area (Å²) in [5, 5.41) is 2.93. The lowest BCUT2D eigenvalue weighted by Gasteiger charge is -2.28. The molecule has 0 saturated heterocycles.